The highest BCUT2D eigenvalue weighted by atomic mass is 16.3. The van der Waals surface area contributed by atoms with Gasteiger partial charge in [0.05, 0.1) is 0 Å². The lowest BCUT2D eigenvalue weighted by Crippen LogP contribution is -2.40. The van der Waals surface area contributed by atoms with Gasteiger partial charge in [-0.25, -0.2) is 0 Å². The van der Waals surface area contributed by atoms with Gasteiger partial charge in [-0.15, -0.1) is 0 Å². The maximum atomic E-state index is 12.3. The first-order valence-corrected chi connectivity index (χ1v) is 8.09. The van der Waals surface area contributed by atoms with Crippen LogP contribution in [0.25, 0.3) is 0 Å². The number of nitrogens with one attached hydrogen (secondary N) is 1. The summed E-state index contributed by atoms with van der Waals surface area (Å²) in [6.45, 7) is 5.71. The number of benzene rings is 2. The predicted octanol–water partition coefficient (Wildman–Crippen LogP) is 2.98. The third kappa shape index (κ3) is 5.35. The van der Waals surface area contributed by atoms with Gasteiger partial charge in [0.1, 0.15) is 5.78 Å². The molecule has 2 aromatic rings. The number of aromatic hydroxyl groups is 2. The molecule has 25 heavy (non-hydrogen) atoms. The number of rotatable bonds is 5. The highest BCUT2D eigenvalue weighted by molar-refractivity contribution is 5.95. The first kappa shape index (κ1) is 18.5. The summed E-state index contributed by atoms with van der Waals surface area (Å²) in [5.41, 5.74) is 1.27. The molecule has 0 saturated carbocycles. The van der Waals surface area contributed by atoms with E-state index in [1.54, 1.807) is 36.4 Å². The average Bonchev–Trinajstić information content (AvgIpc) is 2.50. The second-order valence-corrected chi connectivity index (χ2v) is 7.08. The number of hydrogen-bond donors (Lipinski definition) is 3. The normalized spacial score (nSPS) is 11.2. The molecule has 2 rings (SSSR count). The van der Waals surface area contributed by atoms with Gasteiger partial charge in [0.2, 0.25) is 0 Å². The molecule has 132 valence electrons. The first-order valence-electron chi connectivity index (χ1n) is 8.09. The Bertz CT molecular complexity index is 791. The fourth-order valence-corrected chi connectivity index (χ4v) is 2.46. The van der Waals surface area contributed by atoms with Crippen molar-refractivity contribution in [2.75, 3.05) is 0 Å². The van der Waals surface area contributed by atoms with Gasteiger partial charge in [-0.3, -0.25) is 9.59 Å². The Kier molecular flexibility index (Phi) is 5.47. The SMILES string of the molecule is CC(C)(C)NC(=O)c1cccc(CC(=O)Cc2cccc(O)c2O)c1. The van der Waals surface area contributed by atoms with Crippen LogP contribution in [0.5, 0.6) is 11.5 Å². The van der Waals surface area contributed by atoms with Gasteiger partial charge in [0, 0.05) is 29.5 Å². The molecule has 0 bridgehead atoms. The van der Waals surface area contributed by atoms with Gasteiger partial charge < -0.3 is 15.5 Å². The van der Waals surface area contributed by atoms with E-state index in [1.165, 1.54) is 6.07 Å². The lowest BCUT2D eigenvalue weighted by molar-refractivity contribution is -0.117. The van der Waals surface area contributed by atoms with Crippen LogP contribution >= 0.6 is 0 Å². The van der Waals surface area contributed by atoms with Crippen LogP contribution in [0.3, 0.4) is 0 Å². The standard InChI is InChI=1S/C20H23NO4/c1-20(2,3)21-19(25)15-8-4-6-13(10-15)11-16(22)12-14-7-5-9-17(23)18(14)24/h4-10,23-24H,11-12H2,1-3H3,(H,21,25). The second kappa shape index (κ2) is 7.38. The summed E-state index contributed by atoms with van der Waals surface area (Å²) in [6, 6.07) is 11.5. The quantitative estimate of drug-likeness (QED) is 0.730. The van der Waals surface area contributed by atoms with Crippen molar-refractivity contribution in [2.45, 2.75) is 39.2 Å². The van der Waals surface area contributed by atoms with Gasteiger partial charge in [-0.05, 0) is 44.5 Å². The first-order chi connectivity index (χ1) is 11.7. The summed E-state index contributed by atoms with van der Waals surface area (Å²) in [5.74, 6) is -0.818. The van der Waals surface area contributed by atoms with Crippen molar-refractivity contribution in [2.24, 2.45) is 0 Å². The van der Waals surface area contributed by atoms with E-state index in [2.05, 4.69) is 5.32 Å². The van der Waals surface area contributed by atoms with E-state index in [9.17, 15) is 19.8 Å². The van der Waals surface area contributed by atoms with Crippen molar-refractivity contribution in [1.82, 2.24) is 5.32 Å². The lowest BCUT2D eigenvalue weighted by Gasteiger charge is -2.20. The summed E-state index contributed by atoms with van der Waals surface area (Å²) >= 11 is 0. The van der Waals surface area contributed by atoms with E-state index in [1.807, 2.05) is 20.8 Å². The van der Waals surface area contributed by atoms with Crippen molar-refractivity contribution >= 4 is 11.7 Å². The van der Waals surface area contributed by atoms with Gasteiger partial charge in [0.25, 0.3) is 5.91 Å². The van der Waals surface area contributed by atoms with E-state index < -0.39 is 0 Å². The number of phenols is 2. The van der Waals surface area contributed by atoms with E-state index in [0.717, 1.165) is 5.56 Å². The van der Waals surface area contributed by atoms with E-state index in [4.69, 9.17) is 0 Å². The van der Waals surface area contributed by atoms with Crippen LogP contribution in [-0.2, 0) is 17.6 Å². The van der Waals surface area contributed by atoms with Crippen LogP contribution in [0.4, 0.5) is 0 Å². The molecule has 0 aliphatic heterocycles. The van der Waals surface area contributed by atoms with Crippen molar-refractivity contribution in [1.29, 1.82) is 0 Å². The third-order valence-corrected chi connectivity index (χ3v) is 3.56. The maximum Gasteiger partial charge on any atom is 0.251 e. The minimum absolute atomic E-state index is 0.0125. The topological polar surface area (TPSA) is 86.6 Å². The molecule has 0 spiro atoms. The smallest absolute Gasteiger partial charge is 0.251 e. The third-order valence-electron chi connectivity index (χ3n) is 3.56. The Hall–Kier alpha value is -2.82. The number of phenolic OH excluding ortho intramolecular Hbond substituents is 2. The zero-order chi connectivity index (χ0) is 18.6. The summed E-state index contributed by atoms with van der Waals surface area (Å²) in [4.78, 5) is 24.5. The molecule has 0 unspecified atom stereocenters. The fourth-order valence-electron chi connectivity index (χ4n) is 2.46. The molecule has 5 nitrogen and oxygen atoms in total. The molecule has 0 atom stereocenters. The molecule has 5 heteroatoms. The van der Waals surface area contributed by atoms with Crippen LogP contribution in [-0.4, -0.2) is 27.4 Å². The maximum absolute atomic E-state index is 12.3. The van der Waals surface area contributed by atoms with E-state index >= 15 is 0 Å². The molecule has 0 aliphatic rings. The molecule has 0 heterocycles. The zero-order valence-electron chi connectivity index (χ0n) is 14.7. The second-order valence-electron chi connectivity index (χ2n) is 7.08. The number of Topliss-reactive ketones (excluding diaryl/α,β-unsaturated/α-hetero) is 1. The summed E-state index contributed by atoms with van der Waals surface area (Å²) in [5, 5.41) is 22.2. The number of carbonyl (C=O) groups excluding carboxylic acids is 2. The largest absolute Gasteiger partial charge is 0.504 e. The Balaban J connectivity index is 2.07. The molecular formula is C20H23NO4. The van der Waals surface area contributed by atoms with Crippen LogP contribution in [0.2, 0.25) is 0 Å². The molecular weight excluding hydrogens is 318 g/mol. The van der Waals surface area contributed by atoms with Crippen LogP contribution in [0.15, 0.2) is 42.5 Å². The summed E-state index contributed by atoms with van der Waals surface area (Å²) < 4.78 is 0. The summed E-state index contributed by atoms with van der Waals surface area (Å²) in [7, 11) is 0. The summed E-state index contributed by atoms with van der Waals surface area (Å²) in [6.07, 6.45) is 0.157. The van der Waals surface area contributed by atoms with Crippen LogP contribution < -0.4 is 5.32 Å². The molecule has 1 amide bonds. The fraction of sp³-hybridized carbons (Fsp3) is 0.300. The molecule has 3 N–H and O–H groups in total. The van der Waals surface area contributed by atoms with Gasteiger partial charge in [-0.2, -0.15) is 0 Å². The van der Waals surface area contributed by atoms with Gasteiger partial charge in [-0.1, -0.05) is 24.3 Å². The Morgan fingerprint density at radius 1 is 1.00 bits per heavy atom. The van der Waals surface area contributed by atoms with Gasteiger partial charge in [0.15, 0.2) is 11.5 Å². The minimum atomic E-state index is -0.338. The molecule has 0 aromatic heterocycles. The number of para-hydroxylation sites is 1. The number of ketones is 1. The van der Waals surface area contributed by atoms with Crippen molar-refractivity contribution in [3.8, 4) is 11.5 Å². The van der Waals surface area contributed by atoms with Crippen LogP contribution in [0, 0.1) is 0 Å². The predicted molar refractivity (Wildman–Crippen MR) is 95.8 cm³/mol. The Morgan fingerprint density at radius 2 is 1.68 bits per heavy atom. The van der Waals surface area contributed by atoms with Crippen molar-refractivity contribution in [3.63, 3.8) is 0 Å². The number of amides is 1. The zero-order valence-corrected chi connectivity index (χ0v) is 14.7. The van der Waals surface area contributed by atoms with Crippen LogP contribution in [0.1, 0.15) is 42.3 Å². The van der Waals surface area contributed by atoms with Gasteiger partial charge >= 0.3 is 0 Å². The molecule has 0 fully saturated rings. The molecule has 0 saturated heterocycles. The van der Waals surface area contributed by atoms with E-state index in [0.29, 0.717) is 11.1 Å². The minimum Gasteiger partial charge on any atom is -0.504 e. The number of hydrogen-bond acceptors (Lipinski definition) is 4. The molecule has 0 radical (unpaired) electrons. The number of carbonyl (C=O) groups is 2. The lowest BCUT2D eigenvalue weighted by atomic mass is 10.00. The van der Waals surface area contributed by atoms with E-state index in [-0.39, 0.29) is 41.6 Å². The monoisotopic (exact) mass is 341 g/mol. The molecule has 0 aliphatic carbocycles. The highest BCUT2D eigenvalue weighted by Gasteiger charge is 2.16. The molecule has 2 aromatic carbocycles. The van der Waals surface area contributed by atoms with Crippen molar-refractivity contribution < 1.29 is 19.8 Å². The Morgan fingerprint density at radius 3 is 2.36 bits per heavy atom. The van der Waals surface area contributed by atoms with Crippen molar-refractivity contribution in [3.05, 3.63) is 59.2 Å². The Labute approximate surface area is 147 Å². The highest BCUT2D eigenvalue weighted by Crippen LogP contribution is 2.28. The average molecular weight is 341 g/mol.